The van der Waals surface area contributed by atoms with E-state index in [-0.39, 0.29) is 17.9 Å². The van der Waals surface area contributed by atoms with Crippen LogP contribution >= 0.6 is 0 Å². The second-order valence-corrected chi connectivity index (χ2v) is 4.84. The van der Waals surface area contributed by atoms with Gasteiger partial charge in [0, 0.05) is 25.6 Å². The Labute approximate surface area is 102 Å². The molecule has 2 atom stereocenters. The Kier molecular flexibility index (Phi) is 3.99. The number of hydrogen-bond acceptors (Lipinski definition) is 3. The molecule has 0 radical (unpaired) electrons. The molecule has 0 saturated carbocycles. The van der Waals surface area contributed by atoms with Gasteiger partial charge in [-0.1, -0.05) is 6.92 Å². The summed E-state index contributed by atoms with van der Waals surface area (Å²) in [6.45, 7) is 4.73. The molecule has 2 aliphatic heterocycles. The van der Waals surface area contributed by atoms with E-state index in [1.165, 1.54) is 0 Å². The number of amides is 2. The molecule has 5 heteroatoms. The Morgan fingerprint density at radius 1 is 1.47 bits per heavy atom. The average molecular weight is 239 g/mol. The molecule has 2 heterocycles. The van der Waals surface area contributed by atoms with Gasteiger partial charge >= 0.3 is 0 Å². The third kappa shape index (κ3) is 2.77. The zero-order chi connectivity index (χ0) is 12.3. The van der Waals surface area contributed by atoms with Crippen LogP contribution in [0.2, 0.25) is 0 Å². The smallest absolute Gasteiger partial charge is 0.245 e. The summed E-state index contributed by atoms with van der Waals surface area (Å²) in [4.78, 5) is 25.5. The number of nitrogens with one attached hydrogen (secondary N) is 2. The van der Waals surface area contributed by atoms with E-state index in [4.69, 9.17) is 0 Å². The molecular formula is C12H21N3O2. The average Bonchev–Trinajstić information content (AvgIpc) is 2.95. The summed E-state index contributed by atoms with van der Waals surface area (Å²) in [6, 6.07) is 0.0228. The van der Waals surface area contributed by atoms with Gasteiger partial charge in [0.25, 0.3) is 0 Å². The lowest BCUT2D eigenvalue weighted by atomic mass is 10.1. The van der Waals surface area contributed by atoms with Crippen LogP contribution in [0.15, 0.2) is 0 Å². The van der Waals surface area contributed by atoms with Crippen LogP contribution in [0.3, 0.4) is 0 Å². The lowest BCUT2D eigenvalue weighted by Crippen LogP contribution is -2.50. The summed E-state index contributed by atoms with van der Waals surface area (Å²) in [6.07, 6.45) is 3.12. The molecule has 2 amide bonds. The first-order valence-electron chi connectivity index (χ1n) is 6.53. The van der Waals surface area contributed by atoms with Crippen LogP contribution in [0.1, 0.15) is 32.6 Å². The van der Waals surface area contributed by atoms with Crippen LogP contribution in [-0.2, 0) is 9.59 Å². The summed E-state index contributed by atoms with van der Waals surface area (Å²) in [5, 5.41) is 6.05. The minimum Gasteiger partial charge on any atom is -0.344 e. The predicted molar refractivity (Wildman–Crippen MR) is 64.4 cm³/mol. The van der Waals surface area contributed by atoms with Crippen molar-refractivity contribution in [2.45, 2.75) is 44.7 Å². The van der Waals surface area contributed by atoms with Crippen LogP contribution in [0.4, 0.5) is 0 Å². The standard InChI is InChI=1S/C12H21N3O2/c1-2-7-15(9-5-6-13-8-9)12(17)10-3-4-11(16)14-10/h9-10,13H,2-8H2,1H3,(H,14,16). The second-order valence-electron chi connectivity index (χ2n) is 4.84. The molecular weight excluding hydrogens is 218 g/mol. The highest BCUT2D eigenvalue weighted by molar-refractivity contribution is 5.91. The highest BCUT2D eigenvalue weighted by Crippen LogP contribution is 2.15. The number of carbonyl (C=O) groups excluding carboxylic acids is 2. The van der Waals surface area contributed by atoms with Crippen molar-refractivity contribution in [3.63, 3.8) is 0 Å². The zero-order valence-corrected chi connectivity index (χ0v) is 10.4. The monoisotopic (exact) mass is 239 g/mol. The van der Waals surface area contributed by atoms with Crippen LogP contribution in [0.25, 0.3) is 0 Å². The molecule has 0 aliphatic carbocycles. The van der Waals surface area contributed by atoms with Gasteiger partial charge in [-0.05, 0) is 25.8 Å². The van der Waals surface area contributed by atoms with Gasteiger partial charge < -0.3 is 15.5 Å². The second kappa shape index (κ2) is 5.49. The topological polar surface area (TPSA) is 61.4 Å². The molecule has 0 aromatic carbocycles. The third-order valence-corrected chi connectivity index (χ3v) is 3.52. The van der Waals surface area contributed by atoms with E-state index in [2.05, 4.69) is 17.6 Å². The lowest BCUT2D eigenvalue weighted by molar-refractivity contribution is -0.136. The molecule has 2 N–H and O–H groups in total. The number of carbonyl (C=O) groups is 2. The fraction of sp³-hybridized carbons (Fsp3) is 0.833. The molecule has 0 aromatic heterocycles. The van der Waals surface area contributed by atoms with Crippen molar-refractivity contribution in [1.82, 2.24) is 15.5 Å². The van der Waals surface area contributed by atoms with Gasteiger partial charge in [-0.2, -0.15) is 0 Å². The predicted octanol–water partition coefficient (Wildman–Crippen LogP) is -0.134. The lowest BCUT2D eigenvalue weighted by Gasteiger charge is -2.30. The number of rotatable bonds is 4. The van der Waals surface area contributed by atoms with Crippen molar-refractivity contribution in [2.75, 3.05) is 19.6 Å². The van der Waals surface area contributed by atoms with Gasteiger partial charge in [-0.15, -0.1) is 0 Å². The Hall–Kier alpha value is -1.10. The van der Waals surface area contributed by atoms with Gasteiger partial charge in [-0.3, -0.25) is 9.59 Å². The summed E-state index contributed by atoms with van der Waals surface area (Å²) in [7, 11) is 0. The van der Waals surface area contributed by atoms with Crippen molar-refractivity contribution < 1.29 is 9.59 Å². The third-order valence-electron chi connectivity index (χ3n) is 3.52. The number of nitrogens with zero attached hydrogens (tertiary/aromatic N) is 1. The van der Waals surface area contributed by atoms with Gasteiger partial charge in [0.1, 0.15) is 6.04 Å². The van der Waals surface area contributed by atoms with Crippen LogP contribution in [-0.4, -0.2) is 48.4 Å². The Bertz CT molecular complexity index is 300. The maximum atomic E-state index is 12.4. The maximum absolute atomic E-state index is 12.4. The summed E-state index contributed by atoms with van der Waals surface area (Å²) >= 11 is 0. The van der Waals surface area contributed by atoms with E-state index in [1.807, 2.05) is 4.90 Å². The molecule has 0 aromatic rings. The van der Waals surface area contributed by atoms with E-state index >= 15 is 0 Å². The Balaban J connectivity index is 1.99. The molecule has 96 valence electrons. The molecule has 17 heavy (non-hydrogen) atoms. The first-order chi connectivity index (χ1) is 8.22. The van der Waals surface area contributed by atoms with E-state index in [0.717, 1.165) is 32.5 Å². The highest BCUT2D eigenvalue weighted by Gasteiger charge is 2.34. The molecule has 5 nitrogen and oxygen atoms in total. The maximum Gasteiger partial charge on any atom is 0.245 e. The van der Waals surface area contributed by atoms with Gasteiger partial charge in [0.2, 0.25) is 11.8 Å². The highest BCUT2D eigenvalue weighted by atomic mass is 16.2. The van der Waals surface area contributed by atoms with E-state index in [9.17, 15) is 9.59 Å². The molecule has 2 saturated heterocycles. The quantitative estimate of drug-likeness (QED) is 0.718. The molecule has 0 bridgehead atoms. The molecule has 2 unspecified atom stereocenters. The minimum absolute atomic E-state index is 0.00402. The molecule has 2 rings (SSSR count). The van der Waals surface area contributed by atoms with Crippen molar-refractivity contribution in [3.05, 3.63) is 0 Å². The normalized spacial score (nSPS) is 28.2. The van der Waals surface area contributed by atoms with Crippen LogP contribution < -0.4 is 10.6 Å². The fourth-order valence-corrected chi connectivity index (χ4v) is 2.62. The van der Waals surface area contributed by atoms with Gasteiger partial charge in [-0.25, -0.2) is 0 Å². The van der Waals surface area contributed by atoms with Crippen molar-refractivity contribution in [3.8, 4) is 0 Å². The molecule has 0 spiro atoms. The van der Waals surface area contributed by atoms with Gasteiger partial charge in [0.15, 0.2) is 0 Å². The summed E-state index contributed by atoms with van der Waals surface area (Å²) in [5.41, 5.74) is 0. The summed E-state index contributed by atoms with van der Waals surface area (Å²) < 4.78 is 0. The van der Waals surface area contributed by atoms with E-state index in [0.29, 0.717) is 18.9 Å². The Morgan fingerprint density at radius 3 is 2.82 bits per heavy atom. The Morgan fingerprint density at radius 2 is 2.29 bits per heavy atom. The van der Waals surface area contributed by atoms with Crippen molar-refractivity contribution in [1.29, 1.82) is 0 Å². The molecule has 2 aliphatic rings. The van der Waals surface area contributed by atoms with Crippen LogP contribution in [0.5, 0.6) is 0 Å². The largest absolute Gasteiger partial charge is 0.344 e. The first kappa shape index (κ1) is 12.4. The fourth-order valence-electron chi connectivity index (χ4n) is 2.62. The van der Waals surface area contributed by atoms with E-state index in [1.54, 1.807) is 0 Å². The van der Waals surface area contributed by atoms with Crippen LogP contribution in [0, 0.1) is 0 Å². The molecule has 2 fully saturated rings. The van der Waals surface area contributed by atoms with Gasteiger partial charge in [0.05, 0.1) is 0 Å². The zero-order valence-electron chi connectivity index (χ0n) is 10.4. The number of hydrogen-bond donors (Lipinski definition) is 2. The van der Waals surface area contributed by atoms with Crippen molar-refractivity contribution in [2.24, 2.45) is 0 Å². The summed E-state index contributed by atoms with van der Waals surface area (Å²) in [5.74, 6) is 0.107. The first-order valence-corrected chi connectivity index (χ1v) is 6.53. The SMILES string of the molecule is CCCN(C(=O)C1CCC(=O)N1)C1CCNC1. The van der Waals surface area contributed by atoms with Crippen molar-refractivity contribution >= 4 is 11.8 Å². The van der Waals surface area contributed by atoms with E-state index < -0.39 is 0 Å². The minimum atomic E-state index is -0.283.